The van der Waals surface area contributed by atoms with Gasteiger partial charge in [-0.3, -0.25) is 4.79 Å². The summed E-state index contributed by atoms with van der Waals surface area (Å²) in [4.78, 5) is 11.8. The molecule has 0 unspecified atom stereocenters. The Morgan fingerprint density at radius 1 is 1.39 bits per heavy atom. The van der Waals surface area contributed by atoms with Gasteiger partial charge in [0, 0.05) is 18.6 Å². The van der Waals surface area contributed by atoms with Gasteiger partial charge in [-0.05, 0) is 39.2 Å². The number of hydrogen-bond donors (Lipinski definition) is 2. The molecule has 0 bridgehead atoms. The highest BCUT2D eigenvalue weighted by Crippen LogP contribution is 2.10. The average Bonchev–Trinajstić information content (AvgIpc) is 2.25. The molecule has 18 heavy (non-hydrogen) atoms. The second-order valence-corrected chi connectivity index (χ2v) is 5.39. The van der Waals surface area contributed by atoms with Gasteiger partial charge in [0.15, 0.2) is 0 Å². The van der Waals surface area contributed by atoms with Crippen molar-refractivity contribution in [1.82, 2.24) is 5.32 Å². The fourth-order valence-corrected chi connectivity index (χ4v) is 1.91. The summed E-state index contributed by atoms with van der Waals surface area (Å²) in [5.41, 5.74) is 2.07. The molecule has 0 aliphatic heterocycles. The maximum absolute atomic E-state index is 11.8. The van der Waals surface area contributed by atoms with Crippen molar-refractivity contribution in [2.45, 2.75) is 45.6 Å². The van der Waals surface area contributed by atoms with E-state index in [0.29, 0.717) is 12.8 Å². The lowest BCUT2D eigenvalue weighted by Crippen LogP contribution is -2.44. The summed E-state index contributed by atoms with van der Waals surface area (Å²) in [5, 5.41) is 11.8. The van der Waals surface area contributed by atoms with Gasteiger partial charge in [-0.15, -0.1) is 0 Å². The SMILES string of the molecule is Cc1cccc(CCC(=O)NC(C)(C)CCO)c1. The molecule has 0 saturated heterocycles. The molecule has 0 aliphatic carbocycles. The molecule has 0 saturated carbocycles. The molecule has 0 heterocycles. The normalized spacial score (nSPS) is 11.3. The first kappa shape index (κ1) is 14.7. The van der Waals surface area contributed by atoms with Crippen LogP contribution >= 0.6 is 0 Å². The minimum atomic E-state index is -0.335. The predicted octanol–water partition coefficient (Wildman–Crippen LogP) is 2.20. The molecule has 1 aromatic carbocycles. The third-order valence-electron chi connectivity index (χ3n) is 2.94. The predicted molar refractivity (Wildman–Crippen MR) is 73.4 cm³/mol. The van der Waals surface area contributed by atoms with Gasteiger partial charge in [-0.1, -0.05) is 29.8 Å². The van der Waals surface area contributed by atoms with Crippen molar-refractivity contribution >= 4 is 5.91 Å². The molecule has 3 heteroatoms. The number of amides is 1. The Kier molecular flexibility index (Phi) is 5.35. The standard InChI is InChI=1S/C15H23NO2/c1-12-5-4-6-13(11-12)7-8-14(18)16-15(2,3)9-10-17/h4-6,11,17H,7-10H2,1-3H3,(H,16,18). The first-order chi connectivity index (χ1) is 8.43. The third-order valence-corrected chi connectivity index (χ3v) is 2.94. The second-order valence-electron chi connectivity index (χ2n) is 5.39. The number of aliphatic hydroxyl groups is 1. The molecule has 0 radical (unpaired) electrons. The molecule has 0 atom stereocenters. The minimum absolute atomic E-state index is 0.0370. The van der Waals surface area contributed by atoms with Crippen LogP contribution in [0.5, 0.6) is 0 Å². The maximum atomic E-state index is 11.8. The van der Waals surface area contributed by atoms with Crippen molar-refractivity contribution < 1.29 is 9.90 Å². The van der Waals surface area contributed by atoms with Gasteiger partial charge in [-0.2, -0.15) is 0 Å². The first-order valence-corrected chi connectivity index (χ1v) is 6.40. The van der Waals surface area contributed by atoms with E-state index in [1.54, 1.807) is 0 Å². The zero-order valence-electron chi connectivity index (χ0n) is 11.5. The van der Waals surface area contributed by atoms with Crippen LogP contribution in [0.1, 0.15) is 37.8 Å². The molecule has 2 N–H and O–H groups in total. The summed E-state index contributed by atoms with van der Waals surface area (Å²) in [6, 6.07) is 8.21. The van der Waals surface area contributed by atoms with E-state index < -0.39 is 0 Å². The van der Waals surface area contributed by atoms with E-state index in [4.69, 9.17) is 5.11 Å². The summed E-state index contributed by atoms with van der Waals surface area (Å²) >= 11 is 0. The van der Waals surface area contributed by atoms with E-state index in [1.807, 2.05) is 39.0 Å². The largest absolute Gasteiger partial charge is 0.396 e. The highest BCUT2D eigenvalue weighted by molar-refractivity contribution is 5.76. The van der Waals surface area contributed by atoms with Gasteiger partial charge in [0.05, 0.1) is 0 Å². The van der Waals surface area contributed by atoms with Crippen LogP contribution in [0.15, 0.2) is 24.3 Å². The van der Waals surface area contributed by atoms with Crippen molar-refractivity contribution in [2.75, 3.05) is 6.61 Å². The molecule has 1 amide bonds. The Labute approximate surface area is 109 Å². The van der Waals surface area contributed by atoms with Gasteiger partial charge in [-0.25, -0.2) is 0 Å². The van der Waals surface area contributed by atoms with Gasteiger partial charge in [0.1, 0.15) is 0 Å². The summed E-state index contributed by atoms with van der Waals surface area (Å²) in [5.74, 6) is 0.0370. The topological polar surface area (TPSA) is 49.3 Å². The van der Waals surface area contributed by atoms with Crippen LogP contribution < -0.4 is 5.32 Å². The zero-order valence-corrected chi connectivity index (χ0v) is 11.5. The quantitative estimate of drug-likeness (QED) is 0.812. The van der Waals surface area contributed by atoms with E-state index in [0.717, 1.165) is 6.42 Å². The highest BCUT2D eigenvalue weighted by atomic mass is 16.3. The molecular formula is C15H23NO2. The number of rotatable bonds is 6. The van der Waals surface area contributed by atoms with Gasteiger partial charge >= 0.3 is 0 Å². The number of nitrogens with one attached hydrogen (secondary N) is 1. The lowest BCUT2D eigenvalue weighted by molar-refractivity contribution is -0.122. The van der Waals surface area contributed by atoms with Gasteiger partial charge < -0.3 is 10.4 Å². The van der Waals surface area contributed by atoms with Crippen LogP contribution in [0.3, 0.4) is 0 Å². The summed E-state index contributed by atoms with van der Waals surface area (Å²) in [6.45, 7) is 5.99. The van der Waals surface area contributed by atoms with Crippen LogP contribution in [0, 0.1) is 6.92 Å². The smallest absolute Gasteiger partial charge is 0.220 e. The molecule has 1 aromatic rings. The number of aryl methyl sites for hydroxylation is 2. The van der Waals surface area contributed by atoms with E-state index >= 15 is 0 Å². The molecule has 0 aliphatic rings. The van der Waals surface area contributed by atoms with E-state index in [9.17, 15) is 4.79 Å². The molecular weight excluding hydrogens is 226 g/mol. The fourth-order valence-electron chi connectivity index (χ4n) is 1.91. The Morgan fingerprint density at radius 3 is 2.72 bits per heavy atom. The molecule has 0 spiro atoms. The van der Waals surface area contributed by atoms with Crippen LogP contribution in [0.25, 0.3) is 0 Å². The van der Waals surface area contributed by atoms with E-state index in [-0.39, 0.29) is 18.1 Å². The van der Waals surface area contributed by atoms with Crippen molar-refractivity contribution in [3.63, 3.8) is 0 Å². The van der Waals surface area contributed by atoms with E-state index in [2.05, 4.69) is 11.4 Å². The number of carbonyl (C=O) groups excluding carboxylic acids is 1. The number of benzene rings is 1. The highest BCUT2D eigenvalue weighted by Gasteiger charge is 2.19. The lowest BCUT2D eigenvalue weighted by atomic mass is 10.0. The zero-order chi connectivity index (χ0) is 13.6. The van der Waals surface area contributed by atoms with Crippen molar-refractivity contribution in [3.8, 4) is 0 Å². The fraction of sp³-hybridized carbons (Fsp3) is 0.533. The van der Waals surface area contributed by atoms with Crippen LogP contribution in [0.4, 0.5) is 0 Å². The Morgan fingerprint density at radius 2 is 2.11 bits per heavy atom. The molecule has 3 nitrogen and oxygen atoms in total. The Balaban J connectivity index is 2.42. The Bertz CT molecular complexity index is 399. The molecule has 100 valence electrons. The van der Waals surface area contributed by atoms with Crippen molar-refractivity contribution in [3.05, 3.63) is 35.4 Å². The van der Waals surface area contributed by atoms with Gasteiger partial charge in [0.2, 0.25) is 5.91 Å². The van der Waals surface area contributed by atoms with E-state index in [1.165, 1.54) is 11.1 Å². The molecule has 0 fully saturated rings. The van der Waals surface area contributed by atoms with Crippen LogP contribution in [-0.2, 0) is 11.2 Å². The van der Waals surface area contributed by atoms with Crippen LogP contribution in [-0.4, -0.2) is 23.2 Å². The Hall–Kier alpha value is -1.35. The molecule has 1 rings (SSSR count). The average molecular weight is 249 g/mol. The second kappa shape index (κ2) is 6.55. The van der Waals surface area contributed by atoms with Crippen LogP contribution in [0.2, 0.25) is 0 Å². The number of aliphatic hydroxyl groups excluding tert-OH is 1. The van der Waals surface area contributed by atoms with Crippen molar-refractivity contribution in [2.24, 2.45) is 0 Å². The molecule has 0 aromatic heterocycles. The summed E-state index contributed by atoms with van der Waals surface area (Å²) in [6.07, 6.45) is 1.81. The lowest BCUT2D eigenvalue weighted by Gasteiger charge is -2.25. The summed E-state index contributed by atoms with van der Waals surface area (Å²) < 4.78 is 0. The minimum Gasteiger partial charge on any atom is -0.396 e. The van der Waals surface area contributed by atoms with Gasteiger partial charge in [0.25, 0.3) is 0 Å². The van der Waals surface area contributed by atoms with Crippen molar-refractivity contribution in [1.29, 1.82) is 0 Å². The number of carbonyl (C=O) groups is 1. The maximum Gasteiger partial charge on any atom is 0.220 e. The number of hydrogen-bond acceptors (Lipinski definition) is 2. The monoisotopic (exact) mass is 249 g/mol. The third kappa shape index (κ3) is 5.32. The first-order valence-electron chi connectivity index (χ1n) is 6.40. The summed E-state index contributed by atoms with van der Waals surface area (Å²) in [7, 11) is 0.